The van der Waals surface area contributed by atoms with Crippen molar-refractivity contribution >= 4 is 17.5 Å². The number of rotatable bonds is 4. The molecule has 0 unspecified atom stereocenters. The van der Waals surface area contributed by atoms with Crippen LogP contribution in [-0.2, 0) is 6.42 Å². The van der Waals surface area contributed by atoms with E-state index < -0.39 is 0 Å². The lowest BCUT2D eigenvalue weighted by Gasteiger charge is -2.10. The number of fused-ring (bicyclic) bond motifs is 1. The van der Waals surface area contributed by atoms with Gasteiger partial charge in [-0.2, -0.15) is 0 Å². The lowest BCUT2D eigenvalue weighted by atomic mass is 10.1. The fourth-order valence-corrected chi connectivity index (χ4v) is 2.51. The summed E-state index contributed by atoms with van der Waals surface area (Å²) in [6.45, 7) is 1.91. The van der Waals surface area contributed by atoms with Gasteiger partial charge in [-0.15, -0.1) is 0 Å². The number of hydrogen-bond donors (Lipinski definition) is 1. The summed E-state index contributed by atoms with van der Waals surface area (Å²) in [6, 6.07) is 12.8. The van der Waals surface area contributed by atoms with Crippen LogP contribution < -0.4 is 14.8 Å². The number of hydrogen-bond acceptors (Lipinski definition) is 3. The number of carbonyl (C=O) groups is 1. The Hall–Kier alpha value is -2.20. The molecule has 0 aromatic heterocycles. The Kier molecular flexibility index (Phi) is 5.03. The molecule has 1 amide bonds. The summed E-state index contributed by atoms with van der Waals surface area (Å²) >= 11 is 5.82. The van der Waals surface area contributed by atoms with E-state index in [2.05, 4.69) is 5.32 Å². The van der Waals surface area contributed by atoms with E-state index >= 15 is 0 Å². The van der Waals surface area contributed by atoms with Gasteiger partial charge >= 0.3 is 0 Å². The van der Waals surface area contributed by atoms with E-state index in [0.29, 0.717) is 30.3 Å². The number of halogens is 1. The first-order valence-corrected chi connectivity index (χ1v) is 8.02. The summed E-state index contributed by atoms with van der Waals surface area (Å²) < 4.78 is 11.3. The van der Waals surface area contributed by atoms with Crippen LogP contribution in [0.5, 0.6) is 11.5 Å². The molecule has 4 nitrogen and oxygen atoms in total. The van der Waals surface area contributed by atoms with Crippen LogP contribution in [0, 0.1) is 0 Å². The smallest absolute Gasteiger partial charge is 0.251 e. The van der Waals surface area contributed by atoms with Crippen molar-refractivity contribution in [2.75, 3.05) is 19.8 Å². The van der Waals surface area contributed by atoms with Crippen molar-refractivity contribution in [3.63, 3.8) is 0 Å². The molecule has 3 rings (SSSR count). The molecular formula is C18H18ClNO3. The molecule has 0 fully saturated rings. The highest BCUT2D eigenvalue weighted by molar-refractivity contribution is 6.30. The van der Waals surface area contributed by atoms with E-state index in [-0.39, 0.29) is 5.91 Å². The largest absolute Gasteiger partial charge is 0.490 e. The lowest BCUT2D eigenvalue weighted by molar-refractivity contribution is 0.0954. The third-order valence-corrected chi connectivity index (χ3v) is 3.87. The molecule has 0 aliphatic carbocycles. The minimum atomic E-state index is -0.101. The van der Waals surface area contributed by atoms with Crippen LogP contribution in [0.25, 0.3) is 0 Å². The Bertz CT molecular complexity index is 685. The number of carbonyl (C=O) groups excluding carboxylic acids is 1. The number of nitrogens with one attached hydrogen (secondary N) is 1. The second kappa shape index (κ2) is 7.38. The van der Waals surface area contributed by atoms with Crippen molar-refractivity contribution in [1.29, 1.82) is 0 Å². The molecule has 1 aliphatic rings. The fraction of sp³-hybridized carbons (Fsp3) is 0.278. The van der Waals surface area contributed by atoms with E-state index in [1.807, 2.05) is 18.2 Å². The summed E-state index contributed by atoms with van der Waals surface area (Å²) in [5.41, 5.74) is 1.71. The predicted molar refractivity (Wildman–Crippen MR) is 89.5 cm³/mol. The Morgan fingerprint density at radius 3 is 2.57 bits per heavy atom. The molecule has 2 aromatic carbocycles. The maximum Gasteiger partial charge on any atom is 0.251 e. The Morgan fingerprint density at radius 2 is 1.78 bits per heavy atom. The molecule has 0 saturated carbocycles. The third-order valence-electron chi connectivity index (χ3n) is 3.62. The van der Waals surface area contributed by atoms with Crippen molar-refractivity contribution < 1.29 is 14.3 Å². The van der Waals surface area contributed by atoms with Gasteiger partial charge in [0, 0.05) is 23.6 Å². The molecule has 0 saturated heterocycles. The molecule has 5 heteroatoms. The van der Waals surface area contributed by atoms with E-state index in [0.717, 1.165) is 29.9 Å². The van der Waals surface area contributed by atoms with Gasteiger partial charge in [0.15, 0.2) is 11.5 Å². The van der Waals surface area contributed by atoms with Crippen molar-refractivity contribution in [2.45, 2.75) is 12.8 Å². The highest BCUT2D eigenvalue weighted by Gasteiger charge is 2.11. The average molecular weight is 332 g/mol. The SMILES string of the molecule is O=C(NCCc1ccc2c(c1)OCCCO2)c1ccc(Cl)cc1. The summed E-state index contributed by atoms with van der Waals surface area (Å²) in [6.07, 6.45) is 1.62. The topological polar surface area (TPSA) is 47.6 Å². The minimum Gasteiger partial charge on any atom is -0.490 e. The molecular weight excluding hydrogens is 314 g/mol. The number of ether oxygens (including phenoxy) is 2. The molecule has 0 atom stereocenters. The summed E-state index contributed by atoms with van der Waals surface area (Å²) in [7, 11) is 0. The summed E-state index contributed by atoms with van der Waals surface area (Å²) in [4.78, 5) is 12.0. The zero-order valence-electron chi connectivity index (χ0n) is 12.7. The fourth-order valence-electron chi connectivity index (χ4n) is 2.39. The molecule has 2 aromatic rings. The third kappa shape index (κ3) is 4.17. The van der Waals surface area contributed by atoms with Gasteiger partial charge in [-0.25, -0.2) is 0 Å². The second-order valence-corrected chi connectivity index (χ2v) is 5.78. The van der Waals surface area contributed by atoms with Crippen LogP contribution >= 0.6 is 11.6 Å². The molecule has 1 N–H and O–H groups in total. The van der Waals surface area contributed by atoms with Crippen LogP contribution in [0.1, 0.15) is 22.3 Å². The van der Waals surface area contributed by atoms with E-state index in [1.165, 1.54) is 0 Å². The zero-order valence-corrected chi connectivity index (χ0v) is 13.4. The number of amides is 1. The summed E-state index contributed by atoms with van der Waals surface area (Å²) in [5.74, 6) is 1.47. The number of benzene rings is 2. The molecule has 1 aliphatic heterocycles. The van der Waals surface area contributed by atoms with Gasteiger partial charge in [0.2, 0.25) is 0 Å². The van der Waals surface area contributed by atoms with E-state index in [4.69, 9.17) is 21.1 Å². The van der Waals surface area contributed by atoms with Gasteiger partial charge in [-0.05, 0) is 48.4 Å². The normalized spacial score (nSPS) is 13.3. The van der Waals surface area contributed by atoms with Crippen LogP contribution in [-0.4, -0.2) is 25.7 Å². The van der Waals surface area contributed by atoms with E-state index in [1.54, 1.807) is 24.3 Å². The van der Waals surface area contributed by atoms with Crippen LogP contribution in [0.15, 0.2) is 42.5 Å². The first kappa shape index (κ1) is 15.7. The lowest BCUT2D eigenvalue weighted by Crippen LogP contribution is -2.25. The van der Waals surface area contributed by atoms with Gasteiger partial charge in [-0.1, -0.05) is 17.7 Å². The quantitative estimate of drug-likeness (QED) is 0.933. The van der Waals surface area contributed by atoms with Gasteiger partial charge in [0.25, 0.3) is 5.91 Å². The maximum atomic E-state index is 12.0. The first-order chi connectivity index (χ1) is 11.2. The van der Waals surface area contributed by atoms with Crippen LogP contribution in [0.3, 0.4) is 0 Å². The minimum absolute atomic E-state index is 0.101. The molecule has 23 heavy (non-hydrogen) atoms. The maximum absolute atomic E-state index is 12.0. The molecule has 0 spiro atoms. The predicted octanol–water partition coefficient (Wildman–Crippen LogP) is 3.47. The van der Waals surface area contributed by atoms with Crippen molar-refractivity contribution in [2.24, 2.45) is 0 Å². The molecule has 120 valence electrons. The van der Waals surface area contributed by atoms with Crippen molar-refractivity contribution in [1.82, 2.24) is 5.32 Å². The highest BCUT2D eigenvalue weighted by atomic mass is 35.5. The van der Waals surface area contributed by atoms with Crippen LogP contribution in [0.4, 0.5) is 0 Å². The molecule has 0 bridgehead atoms. The zero-order chi connectivity index (χ0) is 16.1. The van der Waals surface area contributed by atoms with Gasteiger partial charge in [-0.3, -0.25) is 4.79 Å². The van der Waals surface area contributed by atoms with Gasteiger partial charge in [0.05, 0.1) is 13.2 Å². The van der Waals surface area contributed by atoms with Gasteiger partial charge < -0.3 is 14.8 Å². The highest BCUT2D eigenvalue weighted by Crippen LogP contribution is 2.30. The Labute approximate surface area is 140 Å². The van der Waals surface area contributed by atoms with Gasteiger partial charge in [0.1, 0.15) is 0 Å². The molecule has 1 heterocycles. The molecule has 0 radical (unpaired) electrons. The van der Waals surface area contributed by atoms with E-state index in [9.17, 15) is 4.79 Å². The first-order valence-electron chi connectivity index (χ1n) is 7.65. The Morgan fingerprint density at radius 1 is 1.04 bits per heavy atom. The monoisotopic (exact) mass is 331 g/mol. The summed E-state index contributed by atoms with van der Waals surface area (Å²) in [5, 5.41) is 3.52. The van der Waals surface area contributed by atoms with Crippen LogP contribution in [0.2, 0.25) is 5.02 Å². The van der Waals surface area contributed by atoms with Crippen molar-refractivity contribution in [3.05, 3.63) is 58.6 Å². The average Bonchev–Trinajstić information content (AvgIpc) is 2.80. The standard InChI is InChI=1S/C18H18ClNO3/c19-15-5-3-14(4-6-15)18(21)20-9-8-13-2-7-16-17(12-13)23-11-1-10-22-16/h2-7,12H,1,8-11H2,(H,20,21). The Balaban J connectivity index is 1.55. The second-order valence-electron chi connectivity index (χ2n) is 5.34. The van der Waals surface area contributed by atoms with Crippen molar-refractivity contribution in [3.8, 4) is 11.5 Å².